The topological polar surface area (TPSA) is 24.5 Å². The van der Waals surface area contributed by atoms with Crippen molar-refractivity contribution in [2.45, 2.75) is 38.8 Å². The SMILES string of the molecule is CNC1CCOCC1N1CCC(C(C)C)C1. The molecule has 0 bridgehead atoms. The summed E-state index contributed by atoms with van der Waals surface area (Å²) in [5, 5.41) is 3.45. The van der Waals surface area contributed by atoms with E-state index in [1.165, 1.54) is 19.5 Å². The molecule has 0 saturated carbocycles. The lowest BCUT2D eigenvalue weighted by Crippen LogP contribution is -2.53. The van der Waals surface area contributed by atoms with Crippen LogP contribution in [0.3, 0.4) is 0 Å². The molecule has 2 aliphatic heterocycles. The van der Waals surface area contributed by atoms with Gasteiger partial charge in [-0.3, -0.25) is 4.90 Å². The number of rotatable bonds is 3. The molecule has 2 saturated heterocycles. The van der Waals surface area contributed by atoms with E-state index in [9.17, 15) is 0 Å². The highest BCUT2D eigenvalue weighted by molar-refractivity contribution is 4.90. The minimum absolute atomic E-state index is 0.600. The van der Waals surface area contributed by atoms with E-state index in [1.54, 1.807) is 0 Å². The van der Waals surface area contributed by atoms with E-state index < -0.39 is 0 Å². The molecule has 2 aliphatic rings. The minimum Gasteiger partial charge on any atom is -0.380 e. The minimum atomic E-state index is 0.600. The average molecular weight is 226 g/mol. The molecule has 3 nitrogen and oxygen atoms in total. The van der Waals surface area contributed by atoms with Crippen LogP contribution in [0.25, 0.3) is 0 Å². The summed E-state index contributed by atoms with van der Waals surface area (Å²) in [7, 11) is 2.08. The molecular formula is C13H26N2O. The molecule has 2 rings (SSSR count). The van der Waals surface area contributed by atoms with Gasteiger partial charge in [0.25, 0.3) is 0 Å². The second-order valence-electron chi connectivity index (χ2n) is 5.61. The number of ether oxygens (including phenoxy) is 1. The molecule has 0 aromatic carbocycles. The van der Waals surface area contributed by atoms with Gasteiger partial charge in [0.15, 0.2) is 0 Å². The van der Waals surface area contributed by atoms with Crippen LogP contribution in [-0.2, 0) is 4.74 Å². The fourth-order valence-electron chi connectivity index (χ4n) is 3.08. The van der Waals surface area contributed by atoms with Crippen molar-refractivity contribution in [1.29, 1.82) is 0 Å². The molecule has 0 amide bonds. The van der Waals surface area contributed by atoms with E-state index in [2.05, 4.69) is 31.1 Å². The summed E-state index contributed by atoms with van der Waals surface area (Å²) in [5.41, 5.74) is 0. The second-order valence-corrected chi connectivity index (χ2v) is 5.61. The molecule has 0 aliphatic carbocycles. The fraction of sp³-hybridized carbons (Fsp3) is 1.00. The molecule has 3 heteroatoms. The van der Waals surface area contributed by atoms with Crippen LogP contribution in [0.5, 0.6) is 0 Å². The number of nitrogens with one attached hydrogen (secondary N) is 1. The largest absolute Gasteiger partial charge is 0.380 e. The van der Waals surface area contributed by atoms with Crippen LogP contribution in [0.2, 0.25) is 0 Å². The Morgan fingerprint density at radius 1 is 1.31 bits per heavy atom. The van der Waals surface area contributed by atoms with E-state index in [0.29, 0.717) is 12.1 Å². The lowest BCUT2D eigenvalue weighted by atomic mass is 9.95. The monoisotopic (exact) mass is 226 g/mol. The Hall–Kier alpha value is -0.120. The second kappa shape index (κ2) is 5.48. The van der Waals surface area contributed by atoms with Crippen LogP contribution < -0.4 is 5.32 Å². The third-order valence-corrected chi connectivity index (χ3v) is 4.37. The van der Waals surface area contributed by atoms with Gasteiger partial charge in [-0.1, -0.05) is 13.8 Å². The first kappa shape index (κ1) is 12.3. The highest BCUT2D eigenvalue weighted by Crippen LogP contribution is 2.27. The Morgan fingerprint density at radius 2 is 2.12 bits per heavy atom. The van der Waals surface area contributed by atoms with Gasteiger partial charge >= 0.3 is 0 Å². The first-order valence-electron chi connectivity index (χ1n) is 6.71. The number of likely N-dealkylation sites (tertiary alicyclic amines) is 1. The third-order valence-electron chi connectivity index (χ3n) is 4.37. The molecule has 2 fully saturated rings. The summed E-state index contributed by atoms with van der Waals surface area (Å²) in [5.74, 6) is 1.71. The Labute approximate surface area is 99.5 Å². The molecule has 3 atom stereocenters. The Bertz CT molecular complexity index is 220. The lowest BCUT2D eigenvalue weighted by Gasteiger charge is -2.37. The van der Waals surface area contributed by atoms with Crippen LogP contribution >= 0.6 is 0 Å². The number of nitrogens with zero attached hydrogens (tertiary/aromatic N) is 1. The predicted molar refractivity (Wildman–Crippen MR) is 66.6 cm³/mol. The molecule has 0 aromatic rings. The van der Waals surface area contributed by atoms with Crippen LogP contribution in [-0.4, -0.2) is 50.3 Å². The van der Waals surface area contributed by atoms with Crippen molar-refractivity contribution in [2.75, 3.05) is 33.4 Å². The molecule has 0 aromatic heterocycles. The van der Waals surface area contributed by atoms with Crippen molar-refractivity contribution in [2.24, 2.45) is 11.8 Å². The number of likely N-dealkylation sites (N-methyl/N-ethyl adjacent to an activating group) is 1. The maximum Gasteiger partial charge on any atom is 0.0637 e. The predicted octanol–water partition coefficient (Wildman–Crippen LogP) is 1.34. The molecule has 2 heterocycles. The Morgan fingerprint density at radius 3 is 2.75 bits per heavy atom. The summed E-state index contributed by atoms with van der Waals surface area (Å²) in [6.45, 7) is 9.06. The van der Waals surface area contributed by atoms with Crippen molar-refractivity contribution in [3.05, 3.63) is 0 Å². The molecule has 0 spiro atoms. The van der Waals surface area contributed by atoms with Crippen LogP contribution in [0, 0.1) is 11.8 Å². The molecule has 94 valence electrons. The zero-order valence-corrected chi connectivity index (χ0v) is 10.9. The Balaban J connectivity index is 1.91. The third kappa shape index (κ3) is 2.58. The zero-order chi connectivity index (χ0) is 11.5. The maximum absolute atomic E-state index is 5.64. The first-order valence-corrected chi connectivity index (χ1v) is 6.71. The van der Waals surface area contributed by atoms with Gasteiger partial charge in [0.1, 0.15) is 0 Å². The summed E-state index contributed by atoms with van der Waals surface area (Å²) >= 11 is 0. The summed E-state index contributed by atoms with van der Waals surface area (Å²) in [6, 6.07) is 1.22. The quantitative estimate of drug-likeness (QED) is 0.786. The van der Waals surface area contributed by atoms with Gasteiger partial charge in [0, 0.05) is 25.2 Å². The number of hydrogen-bond acceptors (Lipinski definition) is 3. The van der Waals surface area contributed by atoms with Crippen molar-refractivity contribution in [3.63, 3.8) is 0 Å². The van der Waals surface area contributed by atoms with Crippen molar-refractivity contribution in [3.8, 4) is 0 Å². The molecular weight excluding hydrogens is 200 g/mol. The van der Waals surface area contributed by atoms with E-state index in [-0.39, 0.29) is 0 Å². The summed E-state index contributed by atoms with van der Waals surface area (Å²) in [6.07, 6.45) is 2.52. The highest BCUT2D eigenvalue weighted by atomic mass is 16.5. The van der Waals surface area contributed by atoms with E-state index in [1.807, 2.05) is 0 Å². The van der Waals surface area contributed by atoms with E-state index >= 15 is 0 Å². The van der Waals surface area contributed by atoms with Crippen LogP contribution in [0.15, 0.2) is 0 Å². The molecule has 1 N–H and O–H groups in total. The van der Waals surface area contributed by atoms with Crippen molar-refractivity contribution >= 4 is 0 Å². The summed E-state index contributed by atoms with van der Waals surface area (Å²) < 4.78 is 5.64. The van der Waals surface area contributed by atoms with Crippen molar-refractivity contribution in [1.82, 2.24) is 10.2 Å². The maximum atomic E-state index is 5.64. The standard InChI is InChI=1S/C13H26N2O/c1-10(2)11-4-6-15(8-11)13-9-16-7-5-12(13)14-3/h10-14H,4-9H2,1-3H3. The van der Waals surface area contributed by atoms with Gasteiger partial charge in [0.2, 0.25) is 0 Å². The van der Waals surface area contributed by atoms with Gasteiger partial charge in [-0.15, -0.1) is 0 Å². The number of hydrogen-bond donors (Lipinski definition) is 1. The molecule has 0 radical (unpaired) electrons. The average Bonchev–Trinajstić information content (AvgIpc) is 2.78. The van der Waals surface area contributed by atoms with E-state index in [4.69, 9.17) is 4.74 Å². The van der Waals surface area contributed by atoms with Gasteiger partial charge < -0.3 is 10.1 Å². The first-order chi connectivity index (χ1) is 7.72. The fourth-order valence-corrected chi connectivity index (χ4v) is 3.08. The highest BCUT2D eigenvalue weighted by Gasteiger charge is 2.35. The smallest absolute Gasteiger partial charge is 0.0637 e. The zero-order valence-electron chi connectivity index (χ0n) is 10.9. The molecule has 16 heavy (non-hydrogen) atoms. The molecule has 3 unspecified atom stereocenters. The van der Waals surface area contributed by atoms with Crippen LogP contribution in [0.1, 0.15) is 26.7 Å². The van der Waals surface area contributed by atoms with Gasteiger partial charge in [-0.05, 0) is 38.3 Å². The van der Waals surface area contributed by atoms with Gasteiger partial charge in [0.05, 0.1) is 6.61 Å². The van der Waals surface area contributed by atoms with Gasteiger partial charge in [-0.2, -0.15) is 0 Å². The van der Waals surface area contributed by atoms with Gasteiger partial charge in [-0.25, -0.2) is 0 Å². The van der Waals surface area contributed by atoms with E-state index in [0.717, 1.165) is 31.5 Å². The summed E-state index contributed by atoms with van der Waals surface area (Å²) in [4.78, 5) is 2.64. The normalized spacial score (nSPS) is 37.1. The Kier molecular flexibility index (Phi) is 4.22. The van der Waals surface area contributed by atoms with Crippen molar-refractivity contribution < 1.29 is 4.74 Å². The lowest BCUT2D eigenvalue weighted by molar-refractivity contribution is 0.00513. The van der Waals surface area contributed by atoms with Crippen LogP contribution in [0.4, 0.5) is 0 Å².